The van der Waals surface area contributed by atoms with Crippen LogP contribution in [0.5, 0.6) is 0 Å². The maximum absolute atomic E-state index is 13.0. The number of rotatable bonds is 6. The predicted octanol–water partition coefficient (Wildman–Crippen LogP) is 5.40. The number of morpholine rings is 1. The second-order valence-electron chi connectivity index (χ2n) is 10.9. The molecule has 2 saturated heterocycles. The first-order valence-corrected chi connectivity index (χ1v) is 14.1. The first-order valence-electron chi connectivity index (χ1n) is 14.1. The van der Waals surface area contributed by atoms with E-state index in [2.05, 4.69) is 36.0 Å². The maximum Gasteiger partial charge on any atom is 0.251 e. The van der Waals surface area contributed by atoms with Crippen LogP contribution in [0.1, 0.15) is 60.0 Å². The zero-order chi connectivity index (χ0) is 27.6. The Morgan fingerprint density at radius 1 is 1.02 bits per heavy atom. The number of aromatic nitrogens is 3. The summed E-state index contributed by atoms with van der Waals surface area (Å²) >= 11 is 0. The molecular formula is C32H35N5O3. The van der Waals surface area contributed by atoms with Crippen molar-refractivity contribution in [2.45, 2.75) is 58.5 Å². The summed E-state index contributed by atoms with van der Waals surface area (Å²) in [7, 11) is 0. The van der Waals surface area contributed by atoms with Gasteiger partial charge in [0.2, 0.25) is 0 Å². The quantitative estimate of drug-likeness (QED) is 0.352. The zero-order valence-corrected chi connectivity index (χ0v) is 23.3. The Morgan fingerprint density at radius 3 is 2.65 bits per heavy atom. The van der Waals surface area contributed by atoms with Crippen LogP contribution in [-0.4, -0.2) is 52.8 Å². The number of carbonyl (C=O) groups excluding carboxylic acids is 1. The molecule has 1 aromatic carbocycles. The minimum Gasteiger partial charge on any atom is -0.374 e. The van der Waals surface area contributed by atoms with Crippen LogP contribution >= 0.6 is 0 Å². The molecule has 3 aromatic heterocycles. The molecule has 0 spiro atoms. The van der Waals surface area contributed by atoms with E-state index in [1.165, 1.54) is 0 Å². The van der Waals surface area contributed by atoms with Gasteiger partial charge < -0.3 is 19.7 Å². The molecule has 1 unspecified atom stereocenters. The van der Waals surface area contributed by atoms with E-state index in [0.717, 1.165) is 77.5 Å². The molecule has 8 heteroatoms. The van der Waals surface area contributed by atoms with E-state index >= 15 is 0 Å². The Labute approximate surface area is 234 Å². The Morgan fingerprint density at radius 2 is 1.85 bits per heavy atom. The van der Waals surface area contributed by atoms with Crippen LogP contribution in [-0.2, 0) is 16.0 Å². The number of hydrogen-bond donors (Lipinski definition) is 1. The molecule has 1 amide bonds. The minimum absolute atomic E-state index is 0.0753. The highest BCUT2D eigenvalue weighted by Crippen LogP contribution is 2.31. The molecular weight excluding hydrogens is 502 g/mol. The molecule has 206 valence electrons. The molecule has 0 aliphatic carbocycles. The number of fused-ring (bicyclic) bond motifs is 1. The molecule has 2 aliphatic heterocycles. The van der Waals surface area contributed by atoms with Crippen molar-refractivity contribution >= 4 is 22.6 Å². The number of hydrogen-bond acceptors (Lipinski definition) is 7. The lowest BCUT2D eigenvalue weighted by Crippen LogP contribution is -2.45. The van der Waals surface area contributed by atoms with E-state index in [9.17, 15) is 4.79 Å². The van der Waals surface area contributed by atoms with Gasteiger partial charge in [-0.15, -0.1) is 0 Å². The van der Waals surface area contributed by atoms with Gasteiger partial charge in [-0.1, -0.05) is 12.1 Å². The normalized spacial score (nSPS) is 21.1. The fourth-order valence-electron chi connectivity index (χ4n) is 5.63. The number of pyridine rings is 3. The van der Waals surface area contributed by atoms with Crippen LogP contribution in [0.4, 0.5) is 5.82 Å². The van der Waals surface area contributed by atoms with Gasteiger partial charge >= 0.3 is 0 Å². The SMILES string of the molecule is Cc1ccc(C(=O)NCc2cc3nc(-c4cccc(N5C[C@@H](C)O[C@@H](C)C5)n4)ccc3cn2)cc1C1CCCO1. The van der Waals surface area contributed by atoms with E-state index in [1.54, 1.807) is 6.20 Å². The molecule has 4 aromatic rings. The highest BCUT2D eigenvalue weighted by Gasteiger charge is 2.24. The van der Waals surface area contributed by atoms with Crippen LogP contribution in [0.15, 0.2) is 60.8 Å². The molecule has 40 heavy (non-hydrogen) atoms. The topological polar surface area (TPSA) is 89.5 Å². The van der Waals surface area contributed by atoms with Crippen LogP contribution < -0.4 is 10.2 Å². The number of nitrogens with zero attached hydrogens (tertiary/aromatic N) is 4. The Kier molecular flexibility index (Phi) is 7.45. The summed E-state index contributed by atoms with van der Waals surface area (Å²) in [5.74, 6) is 0.800. The van der Waals surface area contributed by atoms with Crippen molar-refractivity contribution in [1.29, 1.82) is 0 Å². The molecule has 5 heterocycles. The van der Waals surface area contributed by atoms with Gasteiger partial charge in [-0.25, -0.2) is 9.97 Å². The molecule has 0 saturated carbocycles. The average molecular weight is 538 g/mol. The third-order valence-electron chi connectivity index (χ3n) is 7.62. The standard InChI is InChI=1S/C32H35N5O3/c1-20-9-10-23(14-26(20)30-7-5-13-39-30)32(38)34-17-25-15-29-24(16-33-25)11-12-28(35-29)27-6-4-8-31(36-27)37-18-21(2)40-22(3)19-37/h4,6,8-12,14-16,21-22,30H,5,7,13,17-19H2,1-3H3,(H,34,38)/t21-,22+,30?. The summed E-state index contributed by atoms with van der Waals surface area (Å²) in [6.45, 7) is 8.96. The van der Waals surface area contributed by atoms with Crippen molar-refractivity contribution in [2.24, 2.45) is 0 Å². The summed E-state index contributed by atoms with van der Waals surface area (Å²) in [6, 6.07) is 17.8. The second-order valence-corrected chi connectivity index (χ2v) is 10.9. The van der Waals surface area contributed by atoms with Crippen LogP contribution in [0, 0.1) is 6.92 Å². The van der Waals surface area contributed by atoms with Crippen molar-refractivity contribution < 1.29 is 14.3 Å². The lowest BCUT2D eigenvalue weighted by Gasteiger charge is -2.36. The summed E-state index contributed by atoms with van der Waals surface area (Å²) in [5, 5.41) is 3.95. The van der Waals surface area contributed by atoms with Crippen molar-refractivity contribution in [1.82, 2.24) is 20.3 Å². The number of carbonyl (C=O) groups is 1. The number of nitrogens with one attached hydrogen (secondary N) is 1. The predicted molar refractivity (Wildman–Crippen MR) is 155 cm³/mol. The summed E-state index contributed by atoms with van der Waals surface area (Å²) in [4.78, 5) is 29.6. The number of aryl methyl sites for hydroxylation is 1. The van der Waals surface area contributed by atoms with E-state index in [-0.39, 0.29) is 24.2 Å². The van der Waals surface area contributed by atoms with Gasteiger partial charge in [0.15, 0.2) is 0 Å². The van der Waals surface area contributed by atoms with Crippen molar-refractivity contribution in [2.75, 3.05) is 24.6 Å². The van der Waals surface area contributed by atoms with Gasteiger partial charge in [0.1, 0.15) is 5.82 Å². The van der Waals surface area contributed by atoms with Gasteiger partial charge in [0.05, 0.1) is 47.5 Å². The lowest BCUT2D eigenvalue weighted by molar-refractivity contribution is -0.00545. The van der Waals surface area contributed by atoms with Gasteiger partial charge in [-0.2, -0.15) is 0 Å². The number of benzene rings is 1. The third-order valence-corrected chi connectivity index (χ3v) is 7.62. The summed E-state index contributed by atoms with van der Waals surface area (Å²) in [5.41, 5.74) is 6.05. The van der Waals surface area contributed by atoms with Crippen molar-refractivity contribution in [3.8, 4) is 11.4 Å². The molecule has 1 N–H and O–H groups in total. The summed E-state index contributed by atoms with van der Waals surface area (Å²) in [6.07, 6.45) is 4.24. The summed E-state index contributed by atoms with van der Waals surface area (Å²) < 4.78 is 11.7. The van der Waals surface area contributed by atoms with Gasteiger partial charge in [-0.3, -0.25) is 9.78 Å². The number of anilines is 1. The largest absolute Gasteiger partial charge is 0.374 e. The van der Waals surface area contributed by atoms with Crippen LogP contribution in [0.2, 0.25) is 0 Å². The average Bonchev–Trinajstić information content (AvgIpc) is 3.50. The van der Waals surface area contributed by atoms with Gasteiger partial charge in [0, 0.05) is 36.8 Å². The van der Waals surface area contributed by atoms with Crippen LogP contribution in [0.3, 0.4) is 0 Å². The monoisotopic (exact) mass is 537 g/mol. The fourth-order valence-corrected chi connectivity index (χ4v) is 5.63. The lowest BCUT2D eigenvalue weighted by atomic mass is 9.98. The minimum atomic E-state index is -0.129. The zero-order valence-electron chi connectivity index (χ0n) is 23.3. The Bertz CT molecular complexity index is 1520. The molecule has 6 rings (SSSR count). The second kappa shape index (κ2) is 11.3. The van der Waals surface area contributed by atoms with E-state index in [1.807, 2.05) is 54.6 Å². The van der Waals surface area contributed by atoms with Gasteiger partial charge in [0.25, 0.3) is 5.91 Å². The maximum atomic E-state index is 13.0. The first kappa shape index (κ1) is 26.3. The Hall–Kier alpha value is -3.88. The van der Waals surface area contributed by atoms with Crippen LogP contribution in [0.25, 0.3) is 22.3 Å². The number of amides is 1. The highest BCUT2D eigenvalue weighted by molar-refractivity contribution is 5.94. The van der Waals surface area contributed by atoms with E-state index in [4.69, 9.17) is 19.4 Å². The van der Waals surface area contributed by atoms with E-state index in [0.29, 0.717) is 12.1 Å². The Balaban J connectivity index is 1.18. The fraction of sp³-hybridized carbons (Fsp3) is 0.375. The highest BCUT2D eigenvalue weighted by atomic mass is 16.5. The van der Waals surface area contributed by atoms with Crippen molar-refractivity contribution in [3.63, 3.8) is 0 Å². The molecule has 0 bridgehead atoms. The molecule has 2 aliphatic rings. The smallest absolute Gasteiger partial charge is 0.251 e. The first-order chi connectivity index (χ1) is 19.4. The van der Waals surface area contributed by atoms with Gasteiger partial charge in [-0.05, 0) is 87.2 Å². The molecule has 3 atom stereocenters. The van der Waals surface area contributed by atoms with Crippen molar-refractivity contribution in [3.05, 3.63) is 83.2 Å². The third kappa shape index (κ3) is 5.69. The molecule has 0 radical (unpaired) electrons. The molecule has 8 nitrogen and oxygen atoms in total. The number of ether oxygens (including phenoxy) is 2. The molecule has 2 fully saturated rings. The van der Waals surface area contributed by atoms with E-state index < -0.39 is 0 Å².